The molecule has 0 radical (unpaired) electrons. The number of rotatable bonds is 7. The van der Waals surface area contributed by atoms with E-state index in [1.165, 1.54) is 5.56 Å². The van der Waals surface area contributed by atoms with Gasteiger partial charge in [-0.3, -0.25) is 4.79 Å². The Balaban J connectivity index is 1.34. The second-order valence-electron chi connectivity index (χ2n) is 9.29. The Morgan fingerprint density at radius 1 is 1.00 bits per heavy atom. The van der Waals surface area contributed by atoms with E-state index in [1.807, 2.05) is 54.6 Å². The molecule has 0 aromatic heterocycles. The van der Waals surface area contributed by atoms with E-state index in [4.69, 9.17) is 9.84 Å². The van der Waals surface area contributed by atoms with Gasteiger partial charge in [0.1, 0.15) is 11.5 Å². The third-order valence-electron chi connectivity index (χ3n) is 5.80. The van der Waals surface area contributed by atoms with Gasteiger partial charge in [0.15, 0.2) is 0 Å². The normalized spacial score (nSPS) is 17.8. The molecule has 0 amide bonds. The van der Waals surface area contributed by atoms with Crippen LogP contribution in [0.15, 0.2) is 72.8 Å². The number of hydrogen-bond acceptors (Lipinski definition) is 3. The maximum atomic E-state index is 11.0. The van der Waals surface area contributed by atoms with Crippen molar-refractivity contribution in [3.05, 3.63) is 89.5 Å². The van der Waals surface area contributed by atoms with E-state index in [1.54, 1.807) is 0 Å². The largest absolute Gasteiger partial charge is 0.481 e. The first-order valence-electron chi connectivity index (χ1n) is 10.7. The lowest BCUT2D eigenvalue weighted by molar-refractivity contribution is -0.138. The summed E-state index contributed by atoms with van der Waals surface area (Å²) < 4.78 is 6.04. The Hall–Kier alpha value is -3.27. The van der Waals surface area contributed by atoms with Crippen molar-refractivity contribution in [2.75, 3.05) is 5.32 Å². The topological polar surface area (TPSA) is 58.6 Å². The number of anilines is 1. The molecule has 160 valence electrons. The van der Waals surface area contributed by atoms with Gasteiger partial charge in [0.25, 0.3) is 0 Å². The van der Waals surface area contributed by atoms with Crippen molar-refractivity contribution in [1.29, 1.82) is 0 Å². The number of carboxylic acid groups (broad SMARTS) is 1. The molecule has 0 saturated heterocycles. The SMILES string of the molecule is CC(C)(C)c1ccc(Oc2cccc(CNc3ccc(C4CC4C(=O)O)cc3)c2)cc1. The lowest BCUT2D eigenvalue weighted by Gasteiger charge is -2.19. The Bertz CT molecular complexity index is 1050. The monoisotopic (exact) mass is 415 g/mol. The molecule has 0 aliphatic heterocycles. The van der Waals surface area contributed by atoms with Crippen LogP contribution in [0.4, 0.5) is 5.69 Å². The van der Waals surface area contributed by atoms with Crippen molar-refractivity contribution in [1.82, 2.24) is 0 Å². The third-order valence-corrected chi connectivity index (χ3v) is 5.80. The minimum atomic E-state index is -0.695. The number of carboxylic acids is 1. The Morgan fingerprint density at radius 3 is 2.32 bits per heavy atom. The summed E-state index contributed by atoms with van der Waals surface area (Å²) in [5.41, 5.74) is 4.65. The molecule has 0 heterocycles. The first-order chi connectivity index (χ1) is 14.8. The number of benzene rings is 3. The average Bonchev–Trinajstić information content (AvgIpc) is 3.54. The number of hydrogen-bond donors (Lipinski definition) is 2. The number of carbonyl (C=O) groups is 1. The quantitative estimate of drug-likeness (QED) is 0.458. The molecule has 4 rings (SSSR count). The van der Waals surface area contributed by atoms with Crippen molar-refractivity contribution in [2.24, 2.45) is 5.92 Å². The van der Waals surface area contributed by atoms with E-state index in [-0.39, 0.29) is 17.3 Å². The summed E-state index contributed by atoms with van der Waals surface area (Å²) in [4.78, 5) is 11.0. The van der Waals surface area contributed by atoms with Crippen molar-refractivity contribution >= 4 is 11.7 Å². The van der Waals surface area contributed by atoms with Crippen LogP contribution in [-0.2, 0) is 16.8 Å². The summed E-state index contributed by atoms with van der Waals surface area (Å²) in [7, 11) is 0. The van der Waals surface area contributed by atoms with Gasteiger partial charge in [-0.05, 0) is 70.8 Å². The van der Waals surface area contributed by atoms with Gasteiger partial charge in [-0.2, -0.15) is 0 Å². The van der Waals surface area contributed by atoms with Gasteiger partial charge in [-0.15, -0.1) is 0 Å². The molecule has 3 aromatic carbocycles. The van der Waals surface area contributed by atoms with Crippen LogP contribution in [0.5, 0.6) is 11.5 Å². The first-order valence-corrected chi connectivity index (χ1v) is 10.7. The zero-order chi connectivity index (χ0) is 22.0. The smallest absolute Gasteiger partial charge is 0.307 e. The summed E-state index contributed by atoms with van der Waals surface area (Å²) in [6, 6.07) is 24.4. The predicted octanol–water partition coefficient (Wildman–Crippen LogP) is 6.58. The fourth-order valence-electron chi connectivity index (χ4n) is 3.77. The molecule has 1 fully saturated rings. The van der Waals surface area contributed by atoms with Crippen molar-refractivity contribution in [3.63, 3.8) is 0 Å². The van der Waals surface area contributed by atoms with E-state index < -0.39 is 5.97 Å². The molecule has 1 saturated carbocycles. The first kappa shape index (κ1) is 21.0. The van der Waals surface area contributed by atoms with Crippen molar-refractivity contribution in [3.8, 4) is 11.5 Å². The number of aliphatic carboxylic acids is 1. The molecule has 0 spiro atoms. The van der Waals surface area contributed by atoms with Crippen LogP contribution in [0, 0.1) is 5.92 Å². The van der Waals surface area contributed by atoms with Gasteiger partial charge in [0, 0.05) is 12.2 Å². The van der Waals surface area contributed by atoms with Crippen molar-refractivity contribution < 1.29 is 14.6 Å². The van der Waals surface area contributed by atoms with Gasteiger partial charge >= 0.3 is 5.97 Å². The zero-order valence-corrected chi connectivity index (χ0v) is 18.3. The lowest BCUT2D eigenvalue weighted by Crippen LogP contribution is -2.10. The molecular weight excluding hydrogens is 386 g/mol. The third kappa shape index (κ3) is 5.26. The minimum Gasteiger partial charge on any atom is -0.481 e. The average molecular weight is 416 g/mol. The van der Waals surface area contributed by atoms with Gasteiger partial charge in [-0.1, -0.05) is 57.2 Å². The van der Waals surface area contributed by atoms with Gasteiger partial charge < -0.3 is 15.2 Å². The maximum absolute atomic E-state index is 11.0. The standard InChI is InChI=1S/C27H29NO3/c1-27(2,3)20-9-13-22(14-10-20)31-23-6-4-5-18(15-23)17-28-21-11-7-19(8-12-21)24-16-25(24)26(29)30/h4-15,24-25,28H,16-17H2,1-3H3,(H,29,30). The van der Waals surface area contributed by atoms with Gasteiger partial charge in [0.05, 0.1) is 5.92 Å². The molecule has 1 aliphatic carbocycles. The van der Waals surface area contributed by atoms with Crippen LogP contribution < -0.4 is 10.1 Å². The van der Waals surface area contributed by atoms with Gasteiger partial charge in [-0.25, -0.2) is 0 Å². The maximum Gasteiger partial charge on any atom is 0.307 e. The molecule has 4 nitrogen and oxygen atoms in total. The molecule has 1 aliphatic rings. The summed E-state index contributed by atoms with van der Waals surface area (Å²) in [6.45, 7) is 7.28. The van der Waals surface area contributed by atoms with Gasteiger partial charge in [0.2, 0.25) is 0 Å². The Labute approximate surface area is 183 Å². The lowest BCUT2D eigenvalue weighted by atomic mass is 9.87. The second-order valence-corrected chi connectivity index (χ2v) is 9.29. The van der Waals surface area contributed by atoms with Crippen LogP contribution in [0.2, 0.25) is 0 Å². The molecule has 0 bridgehead atoms. The second kappa shape index (κ2) is 8.46. The van der Waals surface area contributed by atoms with Crippen LogP contribution in [0.25, 0.3) is 0 Å². The van der Waals surface area contributed by atoms with Crippen molar-refractivity contribution in [2.45, 2.75) is 45.1 Å². The van der Waals surface area contributed by atoms with E-state index in [0.29, 0.717) is 6.54 Å². The summed E-state index contributed by atoms with van der Waals surface area (Å²) in [6.07, 6.45) is 0.744. The Kier molecular flexibility index (Phi) is 5.73. The highest BCUT2D eigenvalue weighted by molar-refractivity contribution is 5.75. The highest BCUT2D eigenvalue weighted by Gasteiger charge is 2.43. The Morgan fingerprint density at radius 2 is 1.71 bits per heavy atom. The minimum absolute atomic E-state index is 0.124. The molecule has 2 atom stereocenters. The highest BCUT2D eigenvalue weighted by atomic mass is 16.5. The highest BCUT2D eigenvalue weighted by Crippen LogP contribution is 2.47. The van der Waals surface area contributed by atoms with Crippen LogP contribution >= 0.6 is 0 Å². The molecule has 2 unspecified atom stereocenters. The zero-order valence-electron chi connectivity index (χ0n) is 18.3. The molecular formula is C27H29NO3. The van der Waals surface area contributed by atoms with E-state index in [0.717, 1.165) is 34.7 Å². The number of ether oxygens (including phenoxy) is 1. The van der Waals surface area contributed by atoms with Crippen LogP contribution in [0.3, 0.4) is 0 Å². The van der Waals surface area contributed by atoms with E-state index in [9.17, 15) is 4.79 Å². The molecule has 31 heavy (non-hydrogen) atoms. The number of nitrogens with one attached hydrogen (secondary N) is 1. The van der Waals surface area contributed by atoms with Crippen LogP contribution in [-0.4, -0.2) is 11.1 Å². The fourth-order valence-corrected chi connectivity index (χ4v) is 3.77. The molecule has 4 heteroatoms. The molecule has 3 aromatic rings. The molecule has 2 N–H and O–H groups in total. The summed E-state index contributed by atoms with van der Waals surface area (Å²) in [5, 5.41) is 12.5. The summed E-state index contributed by atoms with van der Waals surface area (Å²) in [5.74, 6) is 0.892. The van der Waals surface area contributed by atoms with Crippen LogP contribution in [0.1, 0.15) is 49.8 Å². The van der Waals surface area contributed by atoms with E-state index in [2.05, 4.69) is 44.3 Å². The fraction of sp³-hybridized carbons (Fsp3) is 0.296. The summed E-state index contributed by atoms with van der Waals surface area (Å²) >= 11 is 0. The predicted molar refractivity (Wildman–Crippen MR) is 124 cm³/mol. The van der Waals surface area contributed by atoms with E-state index >= 15 is 0 Å².